The van der Waals surface area contributed by atoms with Crippen LogP contribution in [-0.2, 0) is 9.47 Å². The number of ether oxygens (including phenoxy) is 2. The Balaban J connectivity index is 1.68. The summed E-state index contributed by atoms with van der Waals surface area (Å²) in [7, 11) is 0. The Morgan fingerprint density at radius 3 is 2.53 bits per heavy atom. The first-order valence-corrected chi connectivity index (χ1v) is 6.72. The molecule has 0 amide bonds. The molecule has 2 aliphatic rings. The predicted octanol–water partition coefficient (Wildman–Crippen LogP) is 2.19. The molecule has 3 heterocycles. The Labute approximate surface area is 109 Å². The number of hydrogen-bond acceptors (Lipinski definition) is 4. The van der Waals surface area contributed by atoms with Crippen molar-refractivity contribution in [1.29, 1.82) is 0 Å². The molecule has 0 aromatic carbocycles. The normalized spacial score (nSPS) is 23.2. The fraction of sp³-hybridized carbons (Fsp3) is 0.583. The van der Waals surface area contributed by atoms with Crippen molar-refractivity contribution in [3.63, 3.8) is 0 Å². The van der Waals surface area contributed by atoms with E-state index in [-0.39, 0.29) is 5.79 Å². The zero-order chi connectivity index (χ0) is 11.7. The van der Waals surface area contributed by atoms with E-state index < -0.39 is 0 Å². The summed E-state index contributed by atoms with van der Waals surface area (Å²) in [6.45, 7) is 3.33. The Bertz CT molecular complexity index is 397. The van der Waals surface area contributed by atoms with Crippen LogP contribution in [0.4, 0.5) is 5.82 Å². The van der Waals surface area contributed by atoms with E-state index in [1.54, 1.807) is 0 Å². The van der Waals surface area contributed by atoms with Crippen LogP contribution in [0, 0.1) is 0 Å². The van der Waals surface area contributed by atoms with Crippen LogP contribution in [0.25, 0.3) is 0 Å². The molecule has 0 atom stereocenters. The first-order chi connectivity index (χ1) is 8.27. The molecule has 0 saturated carbocycles. The molecule has 2 aliphatic heterocycles. The second-order valence-electron chi connectivity index (χ2n) is 4.41. The standard InChI is InChI=1S/C12H15BrN2O2/c13-10-2-1-3-11(14-10)15-6-4-12(5-7-15)16-8-9-17-12/h1-3H,4-9H2. The Kier molecular flexibility index (Phi) is 3.06. The van der Waals surface area contributed by atoms with Crippen molar-refractivity contribution in [3.05, 3.63) is 22.8 Å². The summed E-state index contributed by atoms with van der Waals surface area (Å²) in [5.41, 5.74) is 0. The van der Waals surface area contributed by atoms with Crippen LogP contribution >= 0.6 is 15.9 Å². The summed E-state index contributed by atoms with van der Waals surface area (Å²) in [5.74, 6) is 0.718. The Morgan fingerprint density at radius 1 is 1.18 bits per heavy atom. The van der Waals surface area contributed by atoms with Gasteiger partial charge in [-0.2, -0.15) is 0 Å². The lowest BCUT2D eigenvalue weighted by Crippen LogP contribution is -2.45. The minimum Gasteiger partial charge on any atom is -0.356 e. The molecule has 3 rings (SSSR count). The molecule has 92 valence electrons. The molecule has 1 aromatic heterocycles. The van der Waals surface area contributed by atoms with E-state index in [9.17, 15) is 0 Å². The van der Waals surface area contributed by atoms with Gasteiger partial charge in [0.15, 0.2) is 5.79 Å². The third kappa shape index (κ3) is 2.32. The van der Waals surface area contributed by atoms with Gasteiger partial charge >= 0.3 is 0 Å². The van der Waals surface area contributed by atoms with Crippen LogP contribution in [0.1, 0.15) is 12.8 Å². The van der Waals surface area contributed by atoms with Crippen LogP contribution < -0.4 is 4.90 Å². The maximum Gasteiger partial charge on any atom is 0.171 e. The zero-order valence-corrected chi connectivity index (χ0v) is 11.1. The number of pyridine rings is 1. The SMILES string of the molecule is Brc1cccc(N2CCC3(CC2)OCCO3)n1. The number of piperidine rings is 1. The highest BCUT2D eigenvalue weighted by Gasteiger charge is 2.39. The summed E-state index contributed by atoms with van der Waals surface area (Å²) in [6, 6.07) is 6.00. The third-order valence-corrected chi connectivity index (χ3v) is 3.80. The summed E-state index contributed by atoms with van der Waals surface area (Å²) in [4.78, 5) is 6.75. The van der Waals surface area contributed by atoms with Crippen LogP contribution in [0.2, 0.25) is 0 Å². The second kappa shape index (κ2) is 4.55. The molecule has 0 radical (unpaired) electrons. The highest BCUT2D eigenvalue weighted by molar-refractivity contribution is 9.10. The average Bonchev–Trinajstić information content (AvgIpc) is 2.79. The largest absolute Gasteiger partial charge is 0.356 e. The Hall–Kier alpha value is -0.650. The Morgan fingerprint density at radius 2 is 1.88 bits per heavy atom. The summed E-state index contributed by atoms with van der Waals surface area (Å²) in [6.07, 6.45) is 1.84. The molecule has 1 aromatic rings. The van der Waals surface area contributed by atoms with Crippen molar-refractivity contribution in [2.75, 3.05) is 31.2 Å². The van der Waals surface area contributed by atoms with Gasteiger partial charge < -0.3 is 14.4 Å². The highest BCUT2D eigenvalue weighted by atomic mass is 79.9. The van der Waals surface area contributed by atoms with Crippen molar-refractivity contribution < 1.29 is 9.47 Å². The molecule has 17 heavy (non-hydrogen) atoms. The number of anilines is 1. The van der Waals surface area contributed by atoms with Crippen LogP contribution in [0.5, 0.6) is 0 Å². The third-order valence-electron chi connectivity index (χ3n) is 3.36. The van der Waals surface area contributed by atoms with E-state index >= 15 is 0 Å². The van der Waals surface area contributed by atoms with Crippen molar-refractivity contribution in [2.24, 2.45) is 0 Å². The van der Waals surface area contributed by atoms with E-state index in [4.69, 9.17) is 9.47 Å². The van der Waals surface area contributed by atoms with Crippen LogP contribution in [-0.4, -0.2) is 37.1 Å². The number of hydrogen-bond donors (Lipinski definition) is 0. The van der Waals surface area contributed by atoms with Gasteiger partial charge in [-0.3, -0.25) is 0 Å². The van der Waals surface area contributed by atoms with Crippen molar-refractivity contribution in [1.82, 2.24) is 4.98 Å². The molecular formula is C12H15BrN2O2. The second-order valence-corrected chi connectivity index (χ2v) is 5.23. The maximum atomic E-state index is 5.71. The van der Waals surface area contributed by atoms with Crippen LogP contribution in [0.3, 0.4) is 0 Å². The smallest absolute Gasteiger partial charge is 0.171 e. The quantitative estimate of drug-likeness (QED) is 0.745. The average molecular weight is 299 g/mol. The van der Waals surface area contributed by atoms with Gasteiger partial charge in [0.25, 0.3) is 0 Å². The lowest BCUT2D eigenvalue weighted by molar-refractivity contribution is -0.169. The minimum atomic E-state index is -0.303. The lowest BCUT2D eigenvalue weighted by atomic mass is 10.0. The van der Waals surface area contributed by atoms with Gasteiger partial charge in [-0.25, -0.2) is 4.98 Å². The molecule has 0 unspecified atom stereocenters. The molecular weight excluding hydrogens is 284 g/mol. The van der Waals surface area contributed by atoms with Crippen molar-refractivity contribution in [2.45, 2.75) is 18.6 Å². The van der Waals surface area contributed by atoms with Gasteiger partial charge in [-0.15, -0.1) is 0 Å². The van der Waals surface area contributed by atoms with Gasteiger partial charge in [0, 0.05) is 25.9 Å². The molecule has 0 aliphatic carbocycles. The summed E-state index contributed by atoms with van der Waals surface area (Å²) < 4.78 is 12.3. The molecule has 5 heteroatoms. The van der Waals surface area contributed by atoms with Crippen LogP contribution in [0.15, 0.2) is 22.8 Å². The fourth-order valence-corrected chi connectivity index (χ4v) is 2.77. The van der Waals surface area contributed by atoms with Crippen molar-refractivity contribution in [3.8, 4) is 0 Å². The summed E-state index contributed by atoms with van der Waals surface area (Å²) >= 11 is 3.40. The predicted molar refractivity (Wildman–Crippen MR) is 68.0 cm³/mol. The monoisotopic (exact) mass is 298 g/mol. The number of nitrogens with zero attached hydrogens (tertiary/aromatic N) is 2. The highest BCUT2D eigenvalue weighted by Crippen LogP contribution is 2.32. The molecule has 2 fully saturated rings. The van der Waals surface area contributed by atoms with E-state index in [0.29, 0.717) is 0 Å². The lowest BCUT2D eigenvalue weighted by Gasteiger charge is -2.38. The molecule has 0 bridgehead atoms. The van der Waals surface area contributed by atoms with E-state index in [2.05, 4.69) is 25.8 Å². The molecule has 0 N–H and O–H groups in total. The number of halogens is 1. The van der Waals surface area contributed by atoms with Crippen molar-refractivity contribution >= 4 is 21.7 Å². The number of aromatic nitrogens is 1. The van der Waals surface area contributed by atoms with Gasteiger partial charge in [-0.05, 0) is 28.1 Å². The first-order valence-electron chi connectivity index (χ1n) is 5.93. The van der Waals surface area contributed by atoms with Gasteiger partial charge in [0.1, 0.15) is 10.4 Å². The van der Waals surface area contributed by atoms with E-state index in [1.807, 2.05) is 18.2 Å². The van der Waals surface area contributed by atoms with Gasteiger partial charge in [0.2, 0.25) is 0 Å². The molecule has 1 spiro atoms. The van der Waals surface area contributed by atoms with Gasteiger partial charge in [-0.1, -0.05) is 6.07 Å². The molecule has 4 nitrogen and oxygen atoms in total. The summed E-state index contributed by atoms with van der Waals surface area (Å²) in [5, 5.41) is 0. The fourth-order valence-electron chi connectivity index (χ4n) is 2.44. The zero-order valence-electron chi connectivity index (χ0n) is 9.56. The van der Waals surface area contributed by atoms with Gasteiger partial charge in [0.05, 0.1) is 13.2 Å². The van der Waals surface area contributed by atoms with E-state index in [1.165, 1.54) is 0 Å². The maximum absolute atomic E-state index is 5.71. The molecule has 2 saturated heterocycles. The minimum absolute atomic E-state index is 0.303. The first kappa shape index (κ1) is 11.4. The van der Waals surface area contributed by atoms with E-state index in [0.717, 1.165) is 49.6 Å². The number of rotatable bonds is 1. The topological polar surface area (TPSA) is 34.6 Å².